The highest BCUT2D eigenvalue weighted by Gasteiger charge is 2.30. The van der Waals surface area contributed by atoms with E-state index >= 15 is 0 Å². The standard InChI is InChI=1S/C77H150O17P2/c1-9-69(7)55-47-39-30-24-18-13-11-12-14-20-27-33-43-51-59-76(81)94-73(64-88-75(80)58-50-42-36-35-38-46-54-68(5)6)66-92-96(85,86)90-62-71(78)61-89-95(83,84)91-65-72(93-77(82)60-52-44-34-28-22-21-25-31-40-48-56-70(8)10-2)63-87-74(79)57-49-41-32-26-19-16-15-17-23-29-37-45-53-67(3)4/h67-73,78H,9-66H2,1-8H3,(H,83,84)(H,85,86)/t69?,70?,71-,72-,73-/m1/s1. The third-order valence-electron chi connectivity index (χ3n) is 18.5. The SMILES string of the molecule is CCC(C)CCCCCCCCCCCCCCCCC(=O)O[C@H](COC(=O)CCCCCCCCC(C)C)COP(=O)(O)OC[C@H](O)COP(=O)(O)OC[C@@H](COC(=O)CCCCCCCCCCCCCCC(C)C)OC(=O)CCCCCCCCCCCCC(C)CC. The number of carbonyl (C=O) groups is 4. The molecule has 0 saturated carbocycles. The van der Waals surface area contributed by atoms with Crippen LogP contribution in [-0.2, 0) is 65.4 Å². The number of aliphatic hydroxyl groups is 1. The number of aliphatic hydroxyl groups excluding tert-OH is 1. The molecule has 96 heavy (non-hydrogen) atoms. The zero-order chi connectivity index (χ0) is 71.0. The molecule has 0 amide bonds. The lowest BCUT2D eigenvalue weighted by Crippen LogP contribution is -2.30. The van der Waals surface area contributed by atoms with Gasteiger partial charge in [0, 0.05) is 25.7 Å². The van der Waals surface area contributed by atoms with E-state index in [4.69, 9.17) is 37.0 Å². The van der Waals surface area contributed by atoms with E-state index in [1.807, 2.05) is 0 Å². The maximum absolute atomic E-state index is 13.1. The second-order valence-corrected chi connectivity index (χ2v) is 32.1. The molecular weight excluding hydrogens is 1260 g/mol. The Morgan fingerprint density at radius 3 is 0.740 bits per heavy atom. The van der Waals surface area contributed by atoms with E-state index in [0.29, 0.717) is 31.6 Å². The number of phosphoric acid groups is 2. The third kappa shape index (κ3) is 67.9. The average molecular weight is 1410 g/mol. The first-order valence-electron chi connectivity index (χ1n) is 39.8. The molecule has 0 aromatic rings. The van der Waals surface area contributed by atoms with Gasteiger partial charge in [-0.3, -0.25) is 37.3 Å². The van der Waals surface area contributed by atoms with Crippen LogP contribution in [0.5, 0.6) is 0 Å². The van der Waals surface area contributed by atoms with Gasteiger partial charge in [0.1, 0.15) is 19.3 Å². The maximum Gasteiger partial charge on any atom is 0.472 e. The Morgan fingerprint density at radius 1 is 0.292 bits per heavy atom. The second-order valence-electron chi connectivity index (χ2n) is 29.2. The molecule has 0 saturated heterocycles. The van der Waals surface area contributed by atoms with Gasteiger partial charge in [-0.2, -0.15) is 0 Å². The number of rotatable bonds is 74. The number of ether oxygens (including phenoxy) is 4. The van der Waals surface area contributed by atoms with Gasteiger partial charge < -0.3 is 33.8 Å². The van der Waals surface area contributed by atoms with Gasteiger partial charge in [-0.25, -0.2) is 9.13 Å². The Bertz CT molecular complexity index is 1890. The quantitative estimate of drug-likeness (QED) is 0.0222. The number of hydrogen-bond acceptors (Lipinski definition) is 15. The van der Waals surface area contributed by atoms with Crippen molar-refractivity contribution >= 4 is 39.5 Å². The van der Waals surface area contributed by atoms with Crippen LogP contribution in [0.3, 0.4) is 0 Å². The second kappa shape index (κ2) is 66.3. The molecule has 3 N–H and O–H groups in total. The van der Waals surface area contributed by atoms with E-state index in [-0.39, 0.29) is 25.7 Å². The molecule has 4 unspecified atom stereocenters. The van der Waals surface area contributed by atoms with E-state index in [2.05, 4.69) is 55.4 Å². The Hall–Kier alpha value is -1.94. The molecule has 0 aromatic heterocycles. The summed E-state index contributed by atoms with van der Waals surface area (Å²) >= 11 is 0. The smallest absolute Gasteiger partial charge is 0.462 e. The zero-order valence-corrected chi connectivity index (χ0v) is 64.8. The van der Waals surface area contributed by atoms with Gasteiger partial charge in [-0.15, -0.1) is 0 Å². The van der Waals surface area contributed by atoms with Gasteiger partial charge in [-0.1, -0.05) is 338 Å². The van der Waals surface area contributed by atoms with Crippen LogP contribution in [0, 0.1) is 23.7 Å². The van der Waals surface area contributed by atoms with Crippen LogP contribution < -0.4 is 0 Å². The molecule has 0 aliphatic rings. The molecule has 570 valence electrons. The van der Waals surface area contributed by atoms with Crippen LogP contribution in [-0.4, -0.2) is 96.7 Å². The molecule has 0 aliphatic heterocycles. The van der Waals surface area contributed by atoms with E-state index in [1.54, 1.807) is 0 Å². The lowest BCUT2D eigenvalue weighted by Gasteiger charge is -2.21. The van der Waals surface area contributed by atoms with Crippen LogP contribution in [0.2, 0.25) is 0 Å². The maximum atomic E-state index is 13.1. The van der Waals surface area contributed by atoms with Gasteiger partial charge in [0.05, 0.1) is 26.4 Å². The fraction of sp³-hybridized carbons (Fsp3) is 0.948. The molecule has 0 aromatic carbocycles. The normalized spacial score (nSPS) is 14.7. The number of esters is 4. The van der Waals surface area contributed by atoms with Crippen molar-refractivity contribution in [3.05, 3.63) is 0 Å². The van der Waals surface area contributed by atoms with Crippen molar-refractivity contribution in [2.24, 2.45) is 23.7 Å². The minimum absolute atomic E-state index is 0.106. The van der Waals surface area contributed by atoms with E-state index in [0.717, 1.165) is 114 Å². The van der Waals surface area contributed by atoms with Crippen molar-refractivity contribution in [3.63, 3.8) is 0 Å². The predicted octanol–water partition coefficient (Wildman–Crippen LogP) is 22.4. The summed E-state index contributed by atoms with van der Waals surface area (Å²) in [6.07, 6.45) is 51.3. The Balaban J connectivity index is 5.23. The lowest BCUT2D eigenvalue weighted by molar-refractivity contribution is -0.161. The molecule has 0 radical (unpaired) electrons. The molecule has 0 rings (SSSR count). The van der Waals surface area contributed by atoms with Crippen LogP contribution in [0.15, 0.2) is 0 Å². The summed E-state index contributed by atoms with van der Waals surface area (Å²) in [5.41, 5.74) is 0. The summed E-state index contributed by atoms with van der Waals surface area (Å²) in [4.78, 5) is 72.8. The fourth-order valence-corrected chi connectivity index (χ4v) is 13.2. The van der Waals surface area contributed by atoms with Crippen molar-refractivity contribution in [1.82, 2.24) is 0 Å². The number of carbonyl (C=O) groups excluding carboxylic acids is 4. The molecule has 0 aliphatic carbocycles. The number of phosphoric ester groups is 2. The van der Waals surface area contributed by atoms with Gasteiger partial charge >= 0.3 is 39.5 Å². The monoisotopic (exact) mass is 1410 g/mol. The highest BCUT2D eigenvalue weighted by molar-refractivity contribution is 7.47. The van der Waals surface area contributed by atoms with E-state index < -0.39 is 97.5 Å². The molecule has 0 bridgehead atoms. The molecule has 17 nitrogen and oxygen atoms in total. The largest absolute Gasteiger partial charge is 0.472 e. The van der Waals surface area contributed by atoms with Crippen molar-refractivity contribution in [2.75, 3.05) is 39.6 Å². The van der Waals surface area contributed by atoms with E-state index in [1.165, 1.54) is 186 Å². The summed E-state index contributed by atoms with van der Waals surface area (Å²) < 4.78 is 68.5. The minimum atomic E-state index is -4.96. The van der Waals surface area contributed by atoms with Crippen LogP contribution >= 0.6 is 15.6 Å². The predicted molar refractivity (Wildman–Crippen MR) is 391 cm³/mol. The van der Waals surface area contributed by atoms with Gasteiger partial charge in [0.25, 0.3) is 0 Å². The summed E-state index contributed by atoms with van der Waals surface area (Å²) in [5.74, 6) is 0.989. The first kappa shape index (κ1) is 94.1. The molecule has 19 heteroatoms. The highest BCUT2D eigenvalue weighted by atomic mass is 31.2. The Labute approximate surface area is 588 Å². The number of unbranched alkanes of at least 4 members (excludes halogenated alkanes) is 38. The van der Waals surface area contributed by atoms with Gasteiger partial charge in [0.15, 0.2) is 12.2 Å². The molecular formula is C77H150O17P2. The molecule has 0 heterocycles. The molecule has 7 atom stereocenters. The number of hydrogen-bond donors (Lipinski definition) is 3. The summed E-state index contributed by atoms with van der Waals surface area (Å²) in [6, 6.07) is 0. The fourth-order valence-electron chi connectivity index (χ4n) is 11.7. The topological polar surface area (TPSA) is 237 Å². The molecule has 0 spiro atoms. The first-order valence-corrected chi connectivity index (χ1v) is 42.8. The van der Waals surface area contributed by atoms with Crippen molar-refractivity contribution in [1.29, 1.82) is 0 Å². The van der Waals surface area contributed by atoms with E-state index in [9.17, 15) is 43.2 Å². The van der Waals surface area contributed by atoms with Gasteiger partial charge in [0.2, 0.25) is 0 Å². The van der Waals surface area contributed by atoms with Crippen LogP contribution in [0.25, 0.3) is 0 Å². The summed E-state index contributed by atoms with van der Waals surface area (Å²) in [6.45, 7) is 14.2. The summed E-state index contributed by atoms with van der Waals surface area (Å²) in [5, 5.41) is 10.6. The average Bonchev–Trinajstić information content (AvgIpc) is 1.46. The summed E-state index contributed by atoms with van der Waals surface area (Å²) in [7, 11) is -9.91. The van der Waals surface area contributed by atoms with Crippen LogP contribution in [0.1, 0.15) is 389 Å². The Morgan fingerprint density at radius 2 is 0.500 bits per heavy atom. The molecule has 0 fully saturated rings. The van der Waals surface area contributed by atoms with Crippen molar-refractivity contribution in [2.45, 2.75) is 408 Å². The van der Waals surface area contributed by atoms with Crippen molar-refractivity contribution in [3.8, 4) is 0 Å². The highest BCUT2D eigenvalue weighted by Crippen LogP contribution is 2.45. The first-order chi connectivity index (χ1) is 46.2. The Kier molecular flexibility index (Phi) is 65.0. The van der Waals surface area contributed by atoms with Crippen molar-refractivity contribution < 1.29 is 80.2 Å². The third-order valence-corrected chi connectivity index (χ3v) is 20.4. The lowest BCUT2D eigenvalue weighted by atomic mass is 9.99. The van der Waals surface area contributed by atoms with Crippen LogP contribution in [0.4, 0.5) is 0 Å². The zero-order valence-electron chi connectivity index (χ0n) is 63.0. The van der Waals surface area contributed by atoms with Gasteiger partial charge in [-0.05, 0) is 49.4 Å². The minimum Gasteiger partial charge on any atom is -0.462 e.